The maximum Gasteiger partial charge on any atom is 0.173 e. The minimum atomic E-state index is -1.83. The first-order chi connectivity index (χ1) is 9.02. The zero-order valence-corrected chi connectivity index (χ0v) is 11.4. The molecule has 0 aliphatic heterocycles. The number of rotatable bonds is 4. The Kier molecular flexibility index (Phi) is 3.74. The first kappa shape index (κ1) is 13.8. The highest BCUT2D eigenvalue weighted by atomic mass is 16.5. The second kappa shape index (κ2) is 5.16. The van der Waals surface area contributed by atoms with Crippen LogP contribution in [-0.2, 0) is 5.41 Å². The molecule has 0 aromatic heterocycles. The Balaban J connectivity index is 2.70. The van der Waals surface area contributed by atoms with E-state index in [4.69, 9.17) is 0 Å². The van der Waals surface area contributed by atoms with Crippen LogP contribution in [0.3, 0.4) is 0 Å². The Morgan fingerprint density at radius 1 is 0.789 bits per heavy atom. The van der Waals surface area contributed by atoms with Gasteiger partial charge < -0.3 is 10.2 Å². The number of hydrogen-bond acceptors (Lipinski definition) is 2. The van der Waals surface area contributed by atoms with Gasteiger partial charge in [-0.2, -0.15) is 0 Å². The molecule has 100 valence electrons. The van der Waals surface area contributed by atoms with Crippen molar-refractivity contribution < 1.29 is 10.2 Å². The SMILES string of the molecule is CCC(c1ccccc1)(c1ccccc1)C(C)(O)O. The lowest BCUT2D eigenvalue weighted by atomic mass is 9.67. The number of hydrogen-bond donors (Lipinski definition) is 2. The van der Waals surface area contributed by atoms with Crippen LogP contribution in [0.5, 0.6) is 0 Å². The fraction of sp³-hybridized carbons (Fsp3) is 0.294. The molecule has 0 heterocycles. The van der Waals surface area contributed by atoms with Crippen LogP contribution in [0.1, 0.15) is 31.4 Å². The van der Waals surface area contributed by atoms with Crippen LogP contribution in [0.4, 0.5) is 0 Å². The monoisotopic (exact) mass is 256 g/mol. The van der Waals surface area contributed by atoms with E-state index in [1.54, 1.807) is 0 Å². The molecule has 19 heavy (non-hydrogen) atoms. The second-order valence-electron chi connectivity index (χ2n) is 5.01. The molecule has 2 nitrogen and oxygen atoms in total. The van der Waals surface area contributed by atoms with Gasteiger partial charge in [-0.15, -0.1) is 0 Å². The van der Waals surface area contributed by atoms with Gasteiger partial charge in [0.05, 0.1) is 5.41 Å². The van der Waals surface area contributed by atoms with Crippen LogP contribution in [0, 0.1) is 0 Å². The van der Waals surface area contributed by atoms with E-state index in [1.165, 1.54) is 6.92 Å². The van der Waals surface area contributed by atoms with E-state index >= 15 is 0 Å². The highest BCUT2D eigenvalue weighted by molar-refractivity contribution is 5.41. The highest BCUT2D eigenvalue weighted by Gasteiger charge is 2.47. The summed E-state index contributed by atoms with van der Waals surface area (Å²) in [6, 6.07) is 19.3. The summed E-state index contributed by atoms with van der Waals surface area (Å²) in [4.78, 5) is 0. The fourth-order valence-corrected chi connectivity index (χ4v) is 2.90. The first-order valence-electron chi connectivity index (χ1n) is 6.58. The van der Waals surface area contributed by atoms with Gasteiger partial charge in [0.2, 0.25) is 0 Å². The van der Waals surface area contributed by atoms with Crippen molar-refractivity contribution in [1.29, 1.82) is 0 Å². The zero-order chi connectivity index (χ0) is 13.9. The Hall–Kier alpha value is -1.64. The lowest BCUT2D eigenvalue weighted by Gasteiger charge is -2.42. The lowest BCUT2D eigenvalue weighted by Crippen LogP contribution is -2.50. The highest BCUT2D eigenvalue weighted by Crippen LogP contribution is 2.43. The van der Waals surface area contributed by atoms with Crippen LogP contribution in [0.25, 0.3) is 0 Å². The van der Waals surface area contributed by atoms with Crippen LogP contribution < -0.4 is 0 Å². The summed E-state index contributed by atoms with van der Waals surface area (Å²) in [5, 5.41) is 20.8. The number of aliphatic hydroxyl groups is 2. The molecule has 0 saturated heterocycles. The summed E-state index contributed by atoms with van der Waals surface area (Å²) in [7, 11) is 0. The van der Waals surface area contributed by atoms with Crippen molar-refractivity contribution in [1.82, 2.24) is 0 Å². The van der Waals surface area contributed by atoms with Gasteiger partial charge in [-0.1, -0.05) is 67.6 Å². The smallest absolute Gasteiger partial charge is 0.173 e. The van der Waals surface area contributed by atoms with E-state index < -0.39 is 11.2 Å². The molecule has 0 fully saturated rings. The van der Waals surface area contributed by atoms with E-state index in [1.807, 2.05) is 67.6 Å². The third-order valence-electron chi connectivity index (χ3n) is 3.87. The molecule has 0 aliphatic rings. The molecule has 2 rings (SSSR count). The van der Waals surface area contributed by atoms with Crippen LogP contribution in [0.15, 0.2) is 60.7 Å². The van der Waals surface area contributed by atoms with Gasteiger partial charge in [0.1, 0.15) is 0 Å². The molecule has 0 amide bonds. The molecule has 0 atom stereocenters. The van der Waals surface area contributed by atoms with Crippen LogP contribution in [-0.4, -0.2) is 16.0 Å². The lowest BCUT2D eigenvalue weighted by molar-refractivity contribution is -0.189. The summed E-state index contributed by atoms with van der Waals surface area (Å²) in [6.07, 6.45) is 0.602. The molecule has 0 radical (unpaired) electrons. The second-order valence-corrected chi connectivity index (χ2v) is 5.01. The van der Waals surface area contributed by atoms with Crippen molar-refractivity contribution in [3.8, 4) is 0 Å². The Labute approximate surface area is 114 Å². The van der Waals surface area contributed by atoms with Gasteiger partial charge >= 0.3 is 0 Å². The van der Waals surface area contributed by atoms with E-state index in [0.29, 0.717) is 6.42 Å². The Bertz CT molecular complexity index is 472. The Morgan fingerprint density at radius 2 is 1.16 bits per heavy atom. The van der Waals surface area contributed by atoms with Crippen LogP contribution in [0.2, 0.25) is 0 Å². The van der Waals surface area contributed by atoms with Gasteiger partial charge in [-0.3, -0.25) is 0 Å². The van der Waals surface area contributed by atoms with E-state index in [2.05, 4.69) is 0 Å². The minimum absolute atomic E-state index is 0.602. The van der Waals surface area contributed by atoms with E-state index in [-0.39, 0.29) is 0 Å². The van der Waals surface area contributed by atoms with Gasteiger partial charge in [-0.05, 0) is 24.5 Å². The molecular formula is C17H20O2. The third kappa shape index (κ3) is 2.29. The van der Waals surface area contributed by atoms with Gasteiger partial charge in [0, 0.05) is 0 Å². The van der Waals surface area contributed by atoms with Gasteiger partial charge in [0.15, 0.2) is 5.79 Å². The van der Waals surface area contributed by atoms with Crippen molar-refractivity contribution >= 4 is 0 Å². The summed E-state index contributed by atoms with van der Waals surface area (Å²) in [5.41, 5.74) is 1.00. The van der Waals surface area contributed by atoms with Gasteiger partial charge in [0.25, 0.3) is 0 Å². The maximum atomic E-state index is 10.4. The van der Waals surface area contributed by atoms with E-state index in [0.717, 1.165) is 11.1 Å². The summed E-state index contributed by atoms with van der Waals surface area (Å²) in [6.45, 7) is 3.43. The number of benzene rings is 2. The van der Waals surface area contributed by atoms with Crippen molar-refractivity contribution in [2.75, 3.05) is 0 Å². The molecule has 0 aliphatic carbocycles. The summed E-state index contributed by atoms with van der Waals surface area (Å²) >= 11 is 0. The average Bonchev–Trinajstić information content (AvgIpc) is 2.41. The maximum absolute atomic E-state index is 10.4. The average molecular weight is 256 g/mol. The van der Waals surface area contributed by atoms with E-state index in [9.17, 15) is 10.2 Å². The summed E-state index contributed by atoms with van der Waals surface area (Å²) in [5.74, 6) is -1.83. The molecule has 2 heteroatoms. The minimum Gasteiger partial charge on any atom is -0.365 e. The largest absolute Gasteiger partial charge is 0.365 e. The van der Waals surface area contributed by atoms with Crippen molar-refractivity contribution in [3.05, 3.63) is 71.8 Å². The third-order valence-corrected chi connectivity index (χ3v) is 3.87. The predicted molar refractivity (Wildman–Crippen MR) is 76.8 cm³/mol. The molecule has 0 bridgehead atoms. The molecule has 0 saturated carbocycles. The fourth-order valence-electron chi connectivity index (χ4n) is 2.90. The molecule has 2 aromatic rings. The molecular weight excluding hydrogens is 236 g/mol. The Morgan fingerprint density at radius 3 is 1.42 bits per heavy atom. The van der Waals surface area contributed by atoms with Crippen molar-refractivity contribution in [2.45, 2.75) is 31.5 Å². The molecule has 2 N–H and O–H groups in total. The molecule has 0 spiro atoms. The topological polar surface area (TPSA) is 40.5 Å². The van der Waals surface area contributed by atoms with Crippen molar-refractivity contribution in [2.24, 2.45) is 0 Å². The molecule has 2 aromatic carbocycles. The summed E-state index contributed by atoms with van der Waals surface area (Å²) < 4.78 is 0. The first-order valence-corrected chi connectivity index (χ1v) is 6.58. The predicted octanol–water partition coefficient (Wildman–Crippen LogP) is 3.08. The quantitative estimate of drug-likeness (QED) is 0.825. The van der Waals surface area contributed by atoms with Gasteiger partial charge in [-0.25, -0.2) is 0 Å². The normalized spacial score (nSPS) is 12.4. The molecule has 0 unspecified atom stereocenters. The zero-order valence-electron chi connectivity index (χ0n) is 11.4. The van der Waals surface area contributed by atoms with Crippen LogP contribution >= 0.6 is 0 Å². The standard InChI is InChI=1S/C17H20O2/c1-3-17(16(2,18)19,14-10-6-4-7-11-14)15-12-8-5-9-13-15/h4-13,18-19H,3H2,1-2H3. The van der Waals surface area contributed by atoms with Crippen molar-refractivity contribution in [3.63, 3.8) is 0 Å².